The quantitative estimate of drug-likeness (QED) is 0.369. The Morgan fingerprint density at radius 3 is 2.75 bits per heavy atom. The zero-order chi connectivity index (χ0) is 20.2. The number of hydrogen-bond donors (Lipinski definition) is 2. The summed E-state index contributed by atoms with van der Waals surface area (Å²) in [5, 5.41) is 0. The maximum Gasteiger partial charge on any atom is 0.281 e. The van der Waals surface area contributed by atoms with Gasteiger partial charge in [0.05, 0.1) is 6.20 Å². The van der Waals surface area contributed by atoms with E-state index in [1.807, 2.05) is 36.5 Å². The van der Waals surface area contributed by atoms with Gasteiger partial charge in [-0.15, -0.1) is 0 Å². The lowest BCUT2D eigenvalue weighted by Gasteiger charge is -2.05. The lowest BCUT2D eigenvalue weighted by Crippen LogP contribution is -2.13. The first-order valence-corrected chi connectivity index (χ1v) is 9.38. The molecule has 0 saturated heterocycles. The second kappa shape index (κ2) is 11.5. The highest BCUT2D eigenvalue weighted by molar-refractivity contribution is 5.66. The maximum absolute atomic E-state index is 5.92. The van der Waals surface area contributed by atoms with E-state index in [2.05, 4.69) is 47.8 Å². The van der Waals surface area contributed by atoms with Gasteiger partial charge in [0.1, 0.15) is 5.56 Å². The highest BCUT2D eigenvalue weighted by Gasteiger charge is 2.10. The molecule has 0 bridgehead atoms. The molecule has 0 atom stereocenters. The number of nitrogens with zero attached hydrogens (tertiary/aromatic N) is 1. The summed E-state index contributed by atoms with van der Waals surface area (Å²) in [4.78, 5) is 12.3. The first-order valence-electron chi connectivity index (χ1n) is 9.38. The standard InChI is InChI=1S/C23H28N4O/c1-3-19(14-15-20-9-4-5-16-26-20)13-12-18(2)8-6-11-22(28-25)21-10-7-17-27-23(21)24/h3-5,7,9-13,16-17H,2,6,8,14-15,25H2,1H3,(H2,24,27)/p+1. The number of aromatic nitrogens is 2. The minimum atomic E-state index is 0.517. The van der Waals surface area contributed by atoms with Crippen molar-refractivity contribution >= 4 is 11.6 Å². The summed E-state index contributed by atoms with van der Waals surface area (Å²) in [6, 6.07) is 9.72. The van der Waals surface area contributed by atoms with Crippen molar-refractivity contribution < 1.29 is 9.82 Å². The number of aryl methyl sites for hydroxylation is 1. The summed E-state index contributed by atoms with van der Waals surface area (Å²) in [5.74, 6) is 6.47. The number of hydrogen-bond acceptors (Lipinski definition) is 4. The minimum Gasteiger partial charge on any atom is -0.411 e. The number of anilines is 1. The van der Waals surface area contributed by atoms with Crippen LogP contribution in [0.25, 0.3) is 5.76 Å². The number of rotatable bonds is 10. The van der Waals surface area contributed by atoms with Crippen LogP contribution < -0.4 is 16.6 Å². The molecule has 0 aromatic carbocycles. The fourth-order valence-electron chi connectivity index (χ4n) is 2.73. The summed E-state index contributed by atoms with van der Waals surface area (Å²) in [7, 11) is 0. The molecule has 0 aliphatic rings. The van der Waals surface area contributed by atoms with Gasteiger partial charge in [0.15, 0.2) is 5.76 Å². The first kappa shape index (κ1) is 21.1. The van der Waals surface area contributed by atoms with Crippen molar-refractivity contribution in [2.24, 2.45) is 5.90 Å². The van der Waals surface area contributed by atoms with E-state index in [1.54, 1.807) is 6.20 Å². The lowest BCUT2D eigenvalue weighted by molar-refractivity contribution is -0.360. The summed E-state index contributed by atoms with van der Waals surface area (Å²) in [6.45, 7) is 6.18. The van der Waals surface area contributed by atoms with E-state index in [0.717, 1.165) is 42.5 Å². The predicted octanol–water partition coefficient (Wildman–Crippen LogP) is 4.18. The molecule has 2 heterocycles. The van der Waals surface area contributed by atoms with Gasteiger partial charge in [0.25, 0.3) is 5.82 Å². The van der Waals surface area contributed by atoms with Crippen molar-refractivity contribution in [2.75, 3.05) is 5.73 Å². The minimum absolute atomic E-state index is 0.517. The Hall–Kier alpha value is -3.18. The molecule has 0 aliphatic carbocycles. The molecule has 2 aromatic heterocycles. The zero-order valence-electron chi connectivity index (χ0n) is 16.4. The molecule has 0 aliphatic heterocycles. The Labute approximate surface area is 167 Å². The van der Waals surface area contributed by atoms with Crippen molar-refractivity contribution in [1.29, 1.82) is 0 Å². The number of nitrogen functional groups attached to an aromatic ring is 1. The van der Waals surface area contributed by atoms with Crippen LogP contribution in [-0.4, -0.2) is 4.98 Å². The zero-order valence-corrected chi connectivity index (χ0v) is 16.4. The van der Waals surface area contributed by atoms with Gasteiger partial charge in [0, 0.05) is 11.9 Å². The molecule has 0 saturated carbocycles. The SMILES string of the molecule is C=C(C=CC(=CC)CCc1ccccn1)CCC=C(ON)c1ccc[nH+]c1N. The van der Waals surface area contributed by atoms with Gasteiger partial charge in [-0.3, -0.25) is 10.7 Å². The van der Waals surface area contributed by atoms with E-state index < -0.39 is 0 Å². The van der Waals surface area contributed by atoms with E-state index in [1.165, 1.54) is 5.57 Å². The highest BCUT2D eigenvalue weighted by Crippen LogP contribution is 2.19. The normalized spacial score (nSPS) is 12.4. The Bertz CT molecular complexity index is 854. The Kier molecular flexibility index (Phi) is 8.69. The van der Waals surface area contributed by atoms with Gasteiger partial charge >= 0.3 is 0 Å². The van der Waals surface area contributed by atoms with E-state index in [-0.39, 0.29) is 0 Å². The van der Waals surface area contributed by atoms with Gasteiger partial charge in [-0.05, 0) is 62.9 Å². The molecular weight excluding hydrogens is 348 g/mol. The second-order valence-corrected chi connectivity index (χ2v) is 6.40. The lowest BCUT2D eigenvalue weighted by atomic mass is 10.0. The largest absolute Gasteiger partial charge is 0.411 e. The van der Waals surface area contributed by atoms with Gasteiger partial charge in [-0.1, -0.05) is 42.0 Å². The van der Waals surface area contributed by atoms with Crippen LogP contribution in [0.5, 0.6) is 0 Å². The third kappa shape index (κ3) is 6.85. The molecule has 5 nitrogen and oxygen atoms in total. The average Bonchev–Trinajstić information content (AvgIpc) is 2.73. The topological polar surface area (TPSA) is 88.3 Å². The van der Waals surface area contributed by atoms with Gasteiger partial charge in [-0.2, -0.15) is 5.90 Å². The molecular formula is C23H29N4O+. The van der Waals surface area contributed by atoms with E-state index in [0.29, 0.717) is 11.6 Å². The fraction of sp³-hybridized carbons (Fsp3) is 0.217. The highest BCUT2D eigenvalue weighted by atomic mass is 16.6. The molecule has 0 unspecified atom stereocenters. The Morgan fingerprint density at radius 2 is 2.07 bits per heavy atom. The van der Waals surface area contributed by atoms with Crippen LogP contribution in [0.15, 0.2) is 84.8 Å². The monoisotopic (exact) mass is 377 g/mol. The van der Waals surface area contributed by atoms with Crippen LogP contribution in [-0.2, 0) is 11.3 Å². The van der Waals surface area contributed by atoms with Crippen LogP contribution in [0.3, 0.4) is 0 Å². The van der Waals surface area contributed by atoms with Crippen molar-refractivity contribution in [3.05, 3.63) is 96.0 Å². The molecule has 0 amide bonds. The summed E-state index contributed by atoms with van der Waals surface area (Å²) >= 11 is 0. The van der Waals surface area contributed by atoms with Gasteiger partial charge in [-0.25, -0.2) is 4.98 Å². The Morgan fingerprint density at radius 1 is 1.21 bits per heavy atom. The molecule has 0 radical (unpaired) electrons. The molecule has 0 fully saturated rings. The van der Waals surface area contributed by atoms with E-state index in [9.17, 15) is 0 Å². The first-order chi connectivity index (χ1) is 13.6. The molecule has 5 N–H and O–H groups in total. The Balaban J connectivity index is 1.85. The fourth-order valence-corrected chi connectivity index (χ4v) is 2.73. The number of nitrogens with one attached hydrogen (secondary N) is 1. The molecule has 2 rings (SSSR count). The average molecular weight is 378 g/mol. The number of aromatic amines is 1. The van der Waals surface area contributed by atoms with Crippen molar-refractivity contribution in [3.63, 3.8) is 0 Å². The van der Waals surface area contributed by atoms with Gasteiger partial charge < -0.3 is 4.84 Å². The number of nitrogens with two attached hydrogens (primary N) is 2. The maximum atomic E-state index is 5.92. The summed E-state index contributed by atoms with van der Waals surface area (Å²) in [6.07, 6.45) is 15.3. The van der Waals surface area contributed by atoms with E-state index >= 15 is 0 Å². The smallest absolute Gasteiger partial charge is 0.281 e. The second-order valence-electron chi connectivity index (χ2n) is 6.40. The summed E-state index contributed by atoms with van der Waals surface area (Å²) in [5.41, 5.74) is 10.1. The third-order valence-electron chi connectivity index (χ3n) is 4.38. The molecule has 28 heavy (non-hydrogen) atoms. The number of allylic oxidation sites excluding steroid dienone is 6. The number of H-pyrrole nitrogens is 1. The number of pyridine rings is 2. The van der Waals surface area contributed by atoms with Crippen LogP contribution in [0.4, 0.5) is 5.82 Å². The van der Waals surface area contributed by atoms with Crippen LogP contribution in [0.2, 0.25) is 0 Å². The molecule has 2 aromatic rings. The van der Waals surface area contributed by atoms with Crippen LogP contribution >= 0.6 is 0 Å². The predicted molar refractivity (Wildman–Crippen MR) is 114 cm³/mol. The van der Waals surface area contributed by atoms with Gasteiger partial charge in [0.2, 0.25) is 0 Å². The molecule has 5 heteroatoms. The van der Waals surface area contributed by atoms with Crippen LogP contribution in [0.1, 0.15) is 37.4 Å². The van der Waals surface area contributed by atoms with Crippen molar-refractivity contribution in [2.45, 2.75) is 32.6 Å². The van der Waals surface area contributed by atoms with Crippen molar-refractivity contribution in [1.82, 2.24) is 4.98 Å². The third-order valence-corrected chi connectivity index (χ3v) is 4.38. The van der Waals surface area contributed by atoms with Crippen LogP contribution in [0, 0.1) is 0 Å². The summed E-state index contributed by atoms with van der Waals surface area (Å²) < 4.78 is 0. The van der Waals surface area contributed by atoms with Crippen molar-refractivity contribution in [3.8, 4) is 0 Å². The molecule has 146 valence electrons. The molecule has 0 spiro atoms. The van der Waals surface area contributed by atoms with E-state index in [4.69, 9.17) is 16.5 Å².